The number of hydrogen-bond donors (Lipinski definition) is 2. The molecule has 2 aromatic rings. The van der Waals surface area contributed by atoms with Crippen molar-refractivity contribution < 1.29 is 9.53 Å². The van der Waals surface area contributed by atoms with Crippen LogP contribution in [-0.2, 0) is 22.6 Å². The van der Waals surface area contributed by atoms with E-state index >= 15 is 0 Å². The molecule has 1 fully saturated rings. The lowest BCUT2D eigenvalue weighted by Gasteiger charge is -2.32. The topological polar surface area (TPSA) is 74.4 Å². The Labute approximate surface area is 146 Å². The maximum Gasteiger partial charge on any atom is 0.247 e. The van der Waals surface area contributed by atoms with Crippen LogP contribution in [0.1, 0.15) is 17.5 Å². The zero-order valence-corrected chi connectivity index (χ0v) is 14.1. The van der Waals surface area contributed by atoms with Gasteiger partial charge >= 0.3 is 0 Å². The molecule has 2 N–H and O–H groups in total. The fourth-order valence-electron chi connectivity index (χ4n) is 2.92. The Morgan fingerprint density at radius 2 is 2.04 bits per heavy atom. The van der Waals surface area contributed by atoms with Crippen molar-refractivity contribution in [3.63, 3.8) is 0 Å². The maximum atomic E-state index is 12.1. The van der Waals surface area contributed by atoms with Crippen molar-refractivity contribution in [2.75, 3.05) is 19.7 Å². The minimum atomic E-state index is -0.149. The molecule has 0 spiro atoms. The van der Waals surface area contributed by atoms with E-state index in [4.69, 9.17) is 4.74 Å². The number of H-pyrrole nitrogens is 1. The van der Waals surface area contributed by atoms with E-state index in [1.54, 1.807) is 12.3 Å². The summed E-state index contributed by atoms with van der Waals surface area (Å²) in [6.45, 7) is 3.55. The minimum absolute atomic E-state index is 0.0437. The second kappa shape index (κ2) is 8.60. The average Bonchev–Trinajstić information content (AvgIpc) is 2.62. The number of nitrogens with one attached hydrogen (secondary N) is 2. The van der Waals surface area contributed by atoms with E-state index in [-0.39, 0.29) is 17.6 Å². The Morgan fingerprint density at radius 3 is 2.80 bits per heavy atom. The van der Waals surface area contributed by atoms with Gasteiger partial charge in [-0.25, -0.2) is 0 Å². The summed E-state index contributed by atoms with van der Waals surface area (Å²) in [5.41, 5.74) is 1.98. The van der Waals surface area contributed by atoms with Crippen LogP contribution in [0.5, 0.6) is 0 Å². The van der Waals surface area contributed by atoms with Gasteiger partial charge in [0.1, 0.15) is 0 Å². The second-order valence-corrected chi connectivity index (χ2v) is 6.26. The Hall–Kier alpha value is -2.44. The lowest BCUT2D eigenvalue weighted by Crippen LogP contribution is -2.44. The number of carbonyl (C=O) groups is 1. The van der Waals surface area contributed by atoms with Crippen LogP contribution in [0.15, 0.2) is 53.5 Å². The van der Waals surface area contributed by atoms with Crippen LogP contribution in [0.2, 0.25) is 0 Å². The van der Waals surface area contributed by atoms with Gasteiger partial charge < -0.3 is 15.0 Å². The number of amides is 1. The first-order valence-corrected chi connectivity index (χ1v) is 8.51. The van der Waals surface area contributed by atoms with Gasteiger partial charge in [-0.05, 0) is 11.1 Å². The van der Waals surface area contributed by atoms with Crippen LogP contribution in [0, 0.1) is 0 Å². The minimum Gasteiger partial charge on any atom is -0.375 e. The van der Waals surface area contributed by atoms with E-state index in [1.807, 2.05) is 18.2 Å². The largest absolute Gasteiger partial charge is 0.375 e. The molecule has 1 aromatic carbocycles. The van der Waals surface area contributed by atoms with Crippen LogP contribution in [0.3, 0.4) is 0 Å². The molecule has 1 aliphatic rings. The summed E-state index contributed by atoms with van der Waals surface area (Å²) in [4.78, 5) is 28.1. The molecule has 0 saturated carbocycles. The molecule has 0 unspecified atom stereocenters. The number of carbonyl (C=O) groups excluding carboxylic acids is 1. The third-order valence-corrected chi connectivity index (χ3v) is 4.22. The normalized spacial score (nSPS) is 18.0. The number of aromatic amines is 1. The van der Waals surface area contributed by atoms with Crippen molar-refractivity contribution in [2.24, 2.45) is 0 Å². The molecule has 132 valence electrons. The zero-order valence-electron chi connectivity index (χ0n) is 14.1. The van der Waals surface area contributed by atoms with E-state index in [9.17, 15) is 9.59 Å². The molecule has 1 aliphatic heterocycles. The van der Waals surface area contributed by atoms with Crippen LogP contribution < -0.4 is 10.9 Å². The summed E-state index contributed by atoms with van der Waals surface area (Å²) in [6.07, 6.45) is 1.86. The highest BCUT2D eigenvalue weighted by Crippen LogP contribution is 2.12. The first kappa shape index (κ1) is 17.4. The van der Waals surface area contributed by atoms with Crippen molar-refractivity contribution in [2.45, 2.75) is 25.6 Å². The smallest absolute Gasteiger partial charge is 0.247 e. The lowest BCUT2D eigenvalue weighted by molar-refractivity contribution is -0.126. The van der Waals surface area contributed by atoms with Gasteiger partial charge in [0.15, 0.2) is 0 Å². The summed E-state index contributed by atoms with van der Waals surface area (Å²) in [7, 11) is 0. The fourth-order valence-corrected chi connectivity index (χ4v) is 2.92. The van der Waals surface area contributed by atoms with Gasteiger partial charge in [0.2, 0.25) is 11.5 Å². The molecule has 1 amide bonds. The van der Waals surface area contributed by atoms with Gasteiger partial charge in [-0.2, -0.15) is 0 Å². The molecule has 6 nitrogen and oxygen atoms in total. The van der Waals surface area contributed by atoms with Crippen molar-refractivity contribution >= 4 is 5.91 Å². The summed E-state index contributed by atoms with van der Waals surface area (Å²) < 4.78 is 5.73. The number of aromatic nitrogens is 1. The van der Waals surface area contributed by atoms with Gasteiger partial charge in [0.05, 0.1) is 19.1 Å². The van der Waals surface area contributed by atoms with Crippen LogP contribution in [-0.4, -0.2) is 41.6 Å². The van der Waals surface area contributed by atoms with Gasteiger partial charge in [-0.1, -0.05) is 36.4 Å². The number of benzene rings is 1. The van der Waals surface area contributed by atoms with E-state index in [2.05, 4.69) is 27.3 Å². The average molecular weight is 341 g/mol. The Morgan fingerprint density at radius 1 is 1.20 bits per heavy atom. The predicted octanol–water partition coefficient (Wildman–Crippen LogP) is 1.28. The van der Waals surface area contributed by atoms with Crippen LogP contribution in [0.25, 0.3) is 0 Å². The number of morpholine rings is 1. The predicted molar refractivity (Wildman–Crippen MR) is 95.0 cm³/mol. The van der Waals surface area contributed by atoms with E-state index in [1.165, 1.54) is 11.6 Å². The number of rotatable bonds is 6. The zero-order chi connectivity index (χ0) is 17.5. The molecular weight excluding hydrogens is 318 g/mol. The van der Waals surface area contributed by atoms with E-state index in [0.717, 1.165) is 25.2 Å². The molecule has 1 saturated heterocycles. The molecule has 1 atom stereocenters. The monoisotopic (exact) mass is 341 g/mol. The first-order chi connectivity index (χ1) is 12.2. The lowest BCUT2D eigenvalue weighted by atomic mass is 10.1. The SMILES string of the molecule is O=C(C[C@H]1CN(Cc2ccccc2)CCO1)NCc1ccc(=O)[nH]c1. The molecule has 6 heteroatoms. The highest BCUT2D eigenvalue weighted by atomic mass is 16.5. The standard InChI is InChI=1S/C19H23N3O3/c23-18-7-6-16(11-20-18)12-21-19(24)10-17-14-22(8-9-25-17)13-15-4-2-1-3-5-15/h1-7,11,17H,8-10,12-14H2,(H,20,23)(H,21,24)/t17-/m0/s1. The quantitative estimate of drug-likeness (QED) is 0.830. The van der Waals surface area contributed by atoms with Crippen molar-refractivity contribution in [1.29, 1.82) is 0 Å². The number of ether oxygens (including phenoxy) is 1. The number of pyridine rings is 1. The van der Waals surface area contributed by atoms with Crippen molar-refractivity contribution in [3.8, 4) is 0 Å². The third-order valence-electron chi connectivity index (χ3n) is 4.22. The summed E-state index contributed by atoms with van der Waals surface area (Å²) in [5, 5.41) is 2.87. The molecule has 3 rings (SSSR count). The fraction of sp³-hybridized carbons (Fsp3) is 0.368. The Bertz CT molecular complexity index is 725. The Balaban J connectivity index is 1.44. The molecular formula is C19H23N3O3. The molecule has 25 heavy (non-hydrogen) atoms. The first-order valence-electron chi connectivity index (χ1n) is 8.51. The number of nitrogens with zero attached hydrogens (tertiary/aromatic N) is 1. The summed E-state index contributed by atoms with van der Waals surface area (Å²) >= 11 is 0. The van der Waals surface area contributed by atoms with E-state index < -0.39 is 0 Å². The van der Waals surface area contributed by atoms with Crippen molar-refractivity contribution in [1.82, 2.24) is 15.2 Å². The van der Waals surface area contributed by atoms with Crippen LogP contribution >= 0.6 is 0 Å². The molecule has 0 bridgehead atoms. The van der Waals surface area contributed by atoms with Gasteiger partial charge in [0.25, 0.3) is 0 Å². The highest BCUT2D eigenvalue weighted by molar-refractivity contribution is 5.76. The number of hydrogen-bond acceptors (Lipinski definition) is 4. The van der Waals surface area contributed by atoms with Gasteiger partial charge in [0, 0.05) is 38.4 Å². The summed E-state index contributed by atoms with van der Waals surface area (Å²) in [6, 6.07) is 13.5. The van der Waals surface area contributed by atoms with Gasteiger partial charge in [-0.3, -0.25) is 14.5 Å². The van der Waals surface area contributed by atoms with Crippen LogP contribution in [0.4, 0.5) is 0 Å². The van der Waals surface area contributed by atoms with Gasteiger partial charge in [-0.15, -0.1) is 0 Å². The van der Waals surface area contributed by atoms with Crippen molar-refractivity contribution in [3.05, 3.63) is 70.1 Å². The summed E-state index contributed by atoms with van der Waals surface area (Å²) in [5.74, 6) is -0.0437. The molecule has 0 radical (unpaired) electrons. The highest BCUT2D eigenvalue weighted by Gasteiger charge is 2.22. The molecule has 1 aromatic heterocycles. The van der Waals surface area contributed by atoms with E-state index in [0.29, 0.717) is 19.6 Å². The second-order valence-electron chi connectivity index (χ2n) is 6.26. The third kappa shape index (κ3) is 5.55. The maximum absolute atomic E-state index is 12.1. The Kier molecular flexibility index (Phi) is 5.98. The molecule has 2 heterocycles. The molecule has 0 aliphatic carbocycles.